The molecule has 1 N–H and O–H groups in total. The molecule has 1 aliphatic carbocycles. The minimum Gasteiger partial charge on any atom is -0.317 e. The van der Waals surface area contributed by atoms with E-state index in [-0.39, 0.29) is 6.04 Å². The molecule has 0 spiro atoms. The van der Waals surface area contributed by atoms with Gasteiger partial charge in [0.15, 0.2) is 5.82 Å². The zero-order valence-corrected chi connectivity index (χ0v) is 13.2. The van der Waals surface area contributed by atoms with Gasteiger partial charge >= 0.3 is 0 Å². The number of nitrogens with one attached hydrogen (secondary N) is 1. The van der Waals surface area contributed by atoms with Crippen LogP contribution < -0.4 is 5.32 Å². The molecule has 1 atom stereocenters. The summed E-state index contributed by atoms with van der Waals surface area (Å²) < 4.78 is 4.02. The summed E-state index contributed by atoms with van der Waals surface area (Å²) in [5.41, 5.74) is 2.53. The van der Waals surface area contributed by atoms with Crippen LogP contribution in [0.4, 0.5) is 0 Å². The lowest BCUT2D eigenvalue weighted by atomic mass is 9.91. The lowest BCUT2D eigenvalue weighted by Crippen LogP contribution is -2.26. The molecule has 0 unspecified atom stereocenters. The van der Waals surface area contributed by atoms with Crippen LogP contribution in [0.25, 0.3) is 0 Å². The number of hydrogen-bond donors (Lipinski definition) is 1. The highest BCUT2D eigenvalue weighted by atomic mass is 15.6. The molecule has 1 saturated heterocycles. The maximum atomic E-state index is 4.75. The average molecular weight is 301 g/mol. The summed E-state index contributed by atoms with van der Waals surface area (Å²) in [7, 11) is 0. The molecule has 0 radical (unpaired) electrons. The highest BCUT2D eigenvalue weighted by molar-refractivity contribution is 5.22. The number of rotatable bonds is 4. The molecule has 2 aliphatic rings. The van der Waals surface area contributed by atoms with Crippen LogP contribution in [0.1, 0.15) is 67.7 Å². The van der Waals surface area contributed by atoms with Gasteiger partial charge in [0.25, 0.3) is 0 Å². The first-order valence-electron chi connectivity index (χ1n) is 8.28. The van der Waals surface area contributed by atoms with Crippen LogP contribution in [0, 0.1) is 6.92 Å². The second-order valence-electron chi connectivity index (χ2n) is 6.56. The number of piperidine rings is 1. The third kappa shape index (κ3) is 2.43. The van der Waals surface area contributed by atoms with Crippen molar-refractivity contribution in [1.82, 2.24) is 35.3 Å². The van der Waals surface area contributed by atoms with Gasteiger partial charge in [-0.1, -0.05) is 0 Å². The minimum atomic E-state index is 0.0739. The van der Waals surface area contributed by atoms with E-state index in [9.17, 15) is 0 Å². The maximum absolute atomic E-state index is 4.75. The van der Waals surface area contributed by atoms with Crippen LogP contribution in [-0.4, -0.2) is 43.1 Å². The Morgan fingerprint density at radius 2 is 2.00 bits per heavy atom. The summed E-state index contributed by atoms with van der Waals surface area (Å²) in [6.45, 7) is 6.45. The standard InChI is InChI=1S/C15H23N7/c1-10-14(12-5-7-16-8-6-12)9-21(18-10)11(2)15-17-19-20-22(15)13-3-4-13/h9,11-13,16H,3-8H2,1-2H3/t11-/m0/s1. The topological polar surface area (TPSA) is 73.5 Å². The zero-order chi connectivity index (χ0) is 15.1. The number of aromatic nitrogens is 6. The van der Waals surface area contributed by atoms with E-state index in [2.05, 4.69) is 40.9 Å². The Labute approximate surface area is 130 Å². The largest absolute Gasteiger partial charge is 0.317 e. The third-order valence-corrected chi connectivity index (χ3v) is 4.92. The van der Waals surface area contributed by atoms with E-state index < -0.39 is 0 Å². The Morgan fingerprint density at radius 3 is 2.73 bits per heavy atom. The lowest BCUT2D eigenvalue weighted by molar-refractivity contribution is 0.457. The van der Waals surface area contributed by atoms with E-state index in [0.29, 0.717) is 12.0 Å². The normalized spacial score (nSPS) is 21.2. The van der Waals surface area contributed by atoms with Crippen molar-refractivity contribution in [3.63, 3.8) is 0 Å². The first kappa shape index (κ1) is 13.9. The van der Waals surface area contributed by atoms with Crippen molar-refractivity contribution in [3.05, 3.63) is 23.3 Å². The van der Waals surface area contributed by atoms with Crippen LogP contribution in [0.5, 0.6) is 0 Å². The Balaban J connectivity index is 1.60. The summed E-state index contributed by atoms with van der Waals surface area (Å²) in [5.74, 6) is 1.54. The summed E-state index contributed by atoms with van der Waals surface area (Å²) >= 11 is 0. The van der Waals surface area contributed by atoms with Gasteiger partial charge in [-0.2, -0.15) is 5.10 Å². The molecule has 4 rings (SSSR count). The fourth-order valence-corrected chi connectivity index (χ4v) is 3.40. The van der Waals surface area contributed by atoms with Crippen molar-refractivity contribution < 1.29 is 0 Å². The zero-order valence-electron chi connectivity index (χ0n) is 13.2. The van der Waals surface area contributed by atoms with Crippen molar-refractivity contribution in [2.45, 2.75) is 57.5 Å². The van der Waals surface area contributed by atoms with E-state index in [1.165, 1.54) is 31.2 Å². The number of aryl methyl sites for hydroxylation is 1. The predicted octanol–water partition coefficient (Wildman–Crippen LogP) is 1.59. The van der Waals surface area contributed by atoms with Gasteiger partial charge in [-0.3, -0.25) is 4.68 Å². The SMILES string of the molecule is Cc1nn([C@@H](C)c2nnnn2C2CC2)cc1C1CCNCC1. The second-order valence-corrected chi connectivity index (χ2v) is 6.56. The fraction of sp³-hybridized carbons (Fsp3) is 0.733. The van der Waals surface area contributed by atoms with E-state index in [1.807, 2.05) is 9.36 Å². The van der Waals surface area contributed by atoms with Gasteiger partial charge in [0.1, 0.15) is 6.04 Å². The van der Waals surface area contributed by atoms with Gasteiger partial charge in [-0.05, 0) is 74.5 Å². The molecule has 0 amide bonds. The van der Waals surface area contributed by atoms with Crippen LogP contribution in [0.15, 0.2) is 6.20 Å². The van der Waals surface area contributed by atoms with E-state index >= 15 is 0 Å². The number of hydrogen-bond acceptors (Lipinski definition) is 5. The summed E-state index contributed by atoms with van der Waals surface area (Å²) in [6.07, 6.45) is 6.97. The van der Waals surface area contributed by atoms with Gasteiger partial charge in [0.2, 0.25) is 0 Å². The Morgan fingerprint density at radius 1 is 1.23 bits per heavy atom. The molecule has 118 valence electrons. The molecule has 22 heavy (non-hydrogen) atoms. The molecular weight excluding hydrogens is 278 g/mol. The van der Waals surface area contributed by atoms with Crippen molar-refractivity contribution in [1.29, 1.82) is 0 Å². The first-order valence-corrected chi connectivity index (χ1v) is 8.28. The molecule has 7 heteroatoms. The van der Waals surface area contributed by atoms with E-state index in [1.54, 1.807) is 0 Å². The highest BCUT2D eigenvalue weighted by Crippen LogP contribution is 2.36. The van der Waals surface area contributed by atoms with Crippen LogP contribution in [0.3, 0.4) is 0 Å². The van der Waals surface area contributed by atoms with Gasteiger partial charge < -0.3 is 5.32 Å². The molecule has 1 aliphatic heterocycles. The van der Waals surface area contributed by atoms with Crippen molar-refractivity contribution in [2.24, 2.45) is 0 Å². The lowest BCUT2D eigenvalue weighted by Gasteiger charge is -2.22. The molecule has 0 bridgehead atoms. The minimum absolute atomic E-state index is 0.0739. The molecule has 7 nitrogen and oxygen atoms in total. The van der Waals surface area contributed by atoms with Gasteiger partial charge in [0, 0.05) is 6.20 Å². The quantitative estimate of drug-likeness (QED) is 0.928. The van der Waals surface area contributed by atoms with Crippen LogP contribution in [0.2, 0.25) is 0 Å². The summed E-state index contributed by atoms with van der Waals surface area (Å²) in [5, 5.41) is 20.4. The molecule has 2 aromatic rings. The average Bonchev–Trinajstić information content (AvgIpc) is 3.14. The molecule has 2 fully saturated rings. The molecule has 0 aromatic carbocycles. The van der Waals surface area contributed by atoms with E-state index in [4.69, 9.17) is 5.10 Å². The van der Waals surface area contributed by atoms with Gasteiger partial charge in [-0.15, -0.1) is 5.10 Å². The maximum Gasteiger partial charge on any atom is 0.175 e. The van der Waals surface area contributed by atoms with Gasteiger partial charge in [0.05, 0.1) is 11.7 Å². The Bertz CT molecular complexity index is 649. The smallest absolute Gasteiger partial charge is 0.175 e. The Hall–Kier alpha value is -1.76. The van der Waals surface area contributed by atoms with Crippen molar-refractivity contribution in [3.8, 4) is 0 Å². The van der Waals surface area contributed by atoms with E-state index in [0.717, 1.165) is 24.6 Å². The van der Waals surface area contributed by atoms with Crippen LogP contribution >= 0.6 is 0 Å². The third-order valence-electron chi connectivity index (χ3n) is 4.92. The predicted molar refractivity (Wildman–Crippen MR) is 81.7 cm³/mol. The summed E-state index contributed by atoms with van der Waals surface area (Å²) in [4.78, 5) is 0. The monoisotopic (exact) mass is 301 g/mol. The first-order chi connectivity index (χ1) is 10.7. The molecular formula is C15H23N7. The molecule has 3 heterocycles. The van der Waals surface area contributed by atoms with Crippen molar-refractivity contribution in [2.75, 3.05) is 13.1 Å². The van der Waals surface area contributed by atoms with Crippen LogP contribution in [-0.2, 0) is 0 Å². The number of nitrogens with zero attached hydrogens (tertiary/aromatic N) is 6. The molecule has 1 saturated carbocycles. The Kier molecular flexibility index (Phi) is 3.44. The van der Waals surface area contributed by atoms with Gasteiger partial charge in [-0.25, -0.2) is 4.68 Å². The highest BCUT2D eigenvalue weighted by Gasteiger charge is 2.30. The van der Waals surface area contributed by atoms with Crippen molar-refractivity contribution >= 4 is 0 Å². The fourth-order valence-electron chi connectivity index (χ4n) is 3.40. The molecule has 2 aromatic heterocycles. The second kappa shape index (κ2) is 5.46. The number of tetrazole rings is 1. The summed E-state index contributed by atoms with van der Waals surface area (Å²) in [6, 6.07) is 0.567.